The van der Waals surface area contributed by atoms with E-state index in [0.717, 1.165) is 0 Å². The lowest BCUT2D eigenvalue weighted by molar-refractivity contribution is 0.356. The number of fused-ring (bicyclic) bond motifs is 2. The molecule has 4 heterocycles. The van der Waals surface area contributed by atoms with E-state index in [2.05, 4.69) is 15.2 Å². The number of rotatable bonds is 4. The Hall–Kier alpha value is -3.05. The van der Waals surface area contributed by atoms with Crippen molar-refractivity contribution in [2.75, 3.05) is 6.61 Å². The molecule has 0 aliphatic carbocycles. The molecule has 0 unspecified atom stereocenters. The number of ether oxygens (including phenoxy) is 1. The van der Waals surface area contributed by atoms with Crippen LogP contribution in [-0.2, 0) is 22.9 Å². The van der Waals surface area contributed by atoms with E-state index in [1.54, 1.807) is 17.7 Å². The van der Waals surface area contributed by atoms with Crippen molar-refractivity contribution >= 4 is 31.9 Å². The molecular weight excluding hydrogens is 414 g/mol. The smallest absolute Gasteiger partial charge is 0.274 e. The Morgan fingerprint density at radius 2 is 2.14 bits per heavy atom. The number of benzene rings is 1. The van der Waals surface area contributed by atoms with Gasteiger partial charge in [-0.05, 0) is 25.1 Å². The fraction of sp³-hybridized carbons (Fsp3) is 0.222. The average Bonchev–Trinajstić information content (AvgIpc) is 3.40. The molecule has 5 rings (SSSR count). The van der Waals surface area contributed by atoms with Crippen molar-refractivity contribution in [3.05, 3.63) is 56.9 Å². The molecule has 0 N–H and O–H groups in total. The zero-order valence-electron chi connectivity index (χ0n) is 15.3. The maximum atomic E-state index is 12.8. The standard InChI is InChI=1S/C18H15N5O4S2/c1-11-20-16(10-28-11)29(25,26)14-2-3-15-12(6-14)8-19-23(18(15)24)9-13-7-17-22(21-13)4-5-27-17/h2-3,6-8,10H,4-5,9H2,1H3. The summed E-state index contributed by atoms with van der Waals surface area (Å²) in [5.41, 5.74) is 0.358. The van der Waals surface area contributed by atoms with Gasteiger partial charge in [-0.25, -0.2) is 22.8 Å². The average molecular weight is 429 g/mol. The molecule has 0 bridgehead atoms. The first kappa shape index (κ1) is 18.0. The second-order valence-electron chi connectivity index (χ2n) is 6.61. The molecule has 29 heavy (non-hydrogen) atoms. The minimum atomic E-state index is -3.74. The van der Waals surface area contributed by atoms with Crippen LogP contribution in [0.2, 0.25) is 0 Å². The summed E-state index contributed by atoms with van der Waals surface area (Å²) < 4.78 is 34.0. The van der Waals surface area contributed by atoms with Gasteiger partial charge in [0.15, 0.2) is 5.03 Å². The van der Waals surface area contributed by atoms with Gasteiger partial charge < -0.3 is 4.74 Å². The SMILES string of the molecule is Cc1nc(S(=O)(=O)c2ccc3c(=O)n(Cc4cc5n(n4)CCO5)ncc3c2)cs1. The highest BCUT2D eigenvalue weighted by Crippen LogP contribution is 2.25. The molecule has 4 aromatic rings. The van der Waals surface area contributed by atoms with Crippen LogP contribution in [0.25, 0.3) is 10.8 Å². The highest BCUT2D eigenvalue weighted by molar-refractivity contribution is 7.91. The third-order valence-electron chi connectivity index (χ3n) is 4.67. The van der Waals surface area contributed by atoms with E-state index in [4.69, 9.17) is 4.74 Å². The summed E-state index contributed by atoms with van der Waals surface area (Å²) in [6.07, 6.45) is 1.49. The van der Waals surface area contributed by atoms with Gasteiger partial charge in [0.05, 0.1) is 40.3 Å². The van der Waals surface area contributed by atoms with Crippen LogP contribution in [-0.4, -0.2) is 39.6 Å². The summed E-state index contributed by atoms with van der Waals surface area (Å²) >= 11 is 1.27. The van der Waals surface area contributed by atoms with Crippen molar-refractivity contribution in [1.29, 1.82) is 0 Å². The van der Waals surface area contributed by atoms with Gasteiger partial charge in [0.1, 0.15) is 6.61 Å². The summed E-state index contributed by atoms with van der Waals surface area (Å²) in [7, 11) is -3.74. The second kappa shape index (κ2) is 6.49. The highest BCUT2D eigenvalue weighted by Gasteiger charge is 2.22. The van der Waals surface area contributed by atoms with Crippen molar-refractivity contribution in [3.8, 4) is 5.88 Å². The van der Waals surface area contributed by atoms with Gasteiger partial charge in [-0.3, -0.25) is 4.79 Å². The molecule has 148 valence electrons. The Morgan fingerprint density at radius 1 is 1.28 bits per heavy atom. The molecule has 0 fully saturated rings. The van der Waals surface area contributed by atoms with Crippen LogP contribution in [0.5, 0.6) is 5.88 Å². The van der Waals surface area contributed by atoms with Gasteiger partial charge in [0, 0.05) is 16.8 Å². The van der Waals surface area contributed by atoms with E-state index in [9.17, 15) is 13.2 Å². The first-order chi connectivity index (χ1) is 13.9. The fourth-order valence-electron chi connectivity index (χ4n) is 3.23. The summed E-state index contributed by atoms with van der Waals surface area (Å²) in [4.78, 5) is 17.0. The number of hydrogen-bond donors (Lipinski definition) is 0. The summed E-state index contributed by atoms with van der Waals surface area (Å²) in [5, 5.41) is 11.6. The third-order valence-corrected chi connectivity index (χ3v) is 7.22. The Balaban J connectivity index is 1.51. The Bertz CT molecular complexity index is 1400. The highest BCUT2D eigenvalue weighted by atomic mass is 32.2. The molecule has 0 radical (unpaired) electrons. The fourth-order valence-corrected chi connectivity index (χ4v) is 5.44. The van der Waals surface area contributed by atoms with Gasteiger partial charge >= 0.3 is 0 Å². The first-order valence-electron chi connectivity index (χ1n) is 8.78. The van der Waals surface area contributed by atoms with Crippen molar-refractivity contribution in [3.63, 3.8) is 0 Å². The van der Waals surface area contributed by atoms with Gasteiger partial charge in [-0.15, -0.1) is 11.3 Å². The van der Waals surface area contributed by atoms with Crippen LogP contribution in [0, 0.1) is 6.92 Å². The predicted molar refractivity (Wildman–Crippen MR) is 105 cm³/mol. The third kappa shape index (κ3) is 3.02. The normalized spacial score (nSPS) is 13.6. The lowest BCUT2D eigenvalue weighted by atomic mass is 10.2. The van der Waals surface area contributed by atoms with Crippen LogP contribution < -0.4 is 10.3 Å². The van der Waals surface area contributed by atoms with Gasteiger partial charge in [-0.1, -0.05) is 0 Å². The second-order valence-corrected chi connectivity index (χ2v) is 9.57. The zero-order valence-corrected chi connectivity index (χ0v) is 16.9. The Morgan fingerprint density at radius 3 is 2.90 bits per heavy atom. The lowest BCUT2D eigenvalue weighted by Gasteiger charge is -2.06. The van der Waals surface area contributed by atoms with Crippen LogP contribution in [0.4, 0.5) is 0 Å². The molecule has 0 spiro atoms. The van der Waals surface area contributed by atoms with Crippen molar-refractivity contribution < 1.29 is 13.2 Å². The molecule has 1 aromatic carbocycles. The number of hydrogen-bond acceptors (Lipinski definition) is 8. The maximum absolute atomic E-state index is 12.8. The number of aryl methyl sites for hydroxylation is 1. The minimum Gasteiger partial charge on any atom is -0.476 e. The van der Waals surface area contributed by atoms with E-state index >= 15 is 0 Å². The number of sulfone groups is 1. The molecule has 11 heteroatoms. The van der Waals surface area contributed by atoms with E-state index in [1.807, 2.05) is 0 Å². The zero-order chi connectivity index (χ0) is 20.2. The quantitative estimate of drug-likeness (QED) is 0.485. The van der Waals surface area contributed by atoms with Crippen molar-refractivity contribution in [2.45, 2.75) is 29.9 Å². The Kier molecular flexibility index (Phi) is 4.03. The van der Waals surface area contributed by atoms with Crippen LogP contribution in [0.1, 0.15) is 10.7 Å². The van der Waals surface area contributed by atoms with Crippen molar-refractivity contribution in [1.82, 2.24) is 24.5 Å². The molecule has 3 aromatic heterocycles. The molecule has 9 nitrogen and oxygen atoms in total. The monoisotopic (exact) mass is 429 g/mol. The topological polar surface area (TPSA) is 109 Å². The summed E-state index contributed by atoms with van der Waals surface area (Å²) in [6.45, 7) is 3.24. The maximum Gasteiger partial charge on any atom is 0.274 e. The number of nitrogens with zero attached hydrogens (tertiary/aromatic N) is 5. The van der Waals surface area contributed by atoms with E-state index in [0.29, 0.717) is 40.5 Å². The van der Waals surface area contributed by atoms with E-state index < -0.39 is 9.84 Å². The Labute approximate surface area is 169 Å². The summed E-state index contributed by atoms with van der Waals surface area (Å²) in [6, 6.07) is 6.18. The van der Waals surface area contributed by atoms with E-state index in [-0.39, 0.29) is 22.0 Å². The summed E-state index contributed by atoms with van der Waals surface area (Å²) in [5.74, 6) is 0.681. The predicted octanol–water partition coefficient (Wildman–Crippen LogP) is 1.63. The van der Waals surface area contributed by atoms with Crippen LogP contribution >= 0.6 is 11.3 Å². The molecule has 1 aliphatic heterocycles. The number of thiazole rings is 1. The van der Waals surface area contributed by atoms with Crippen molar-refractivity contribution in [2.24, 2.45) is 0 Å². The molecule has 0 amide bonds. The molecule has 0 atom stereocenters. The molecular formula is C18H15N5O4S2. The lowest BCUT2D eigenvalue weighted by Crippen LogP contribution is -2.23. The number of aromatic nitrogens is 5. The van der Waals surface area contributed by atoms with Gasteiger partial charge in [0.2, 0.25) is 15.7 Å². The minimum absolute atomic E-state index is 0.00991. The molecule has 0 saturated carbocycles. The molecule has 0 saturated heterocycles. The van der Waals surface area contributed by atoms with Gasteiger partial charge in [0.25, 0.3) is 5.56 Å². The largest absolute Gasteiger partial charge is 0.476 e. The van der Waals surface area contributed by atoms with Gasteiger partial charge in [-0.2, -0.15) is 10.2 Å². The van der Waals surface area contributed by atoms with E-state index in [1.165, 1.54) is 45.8 Å². The van der Waals surface area contributed by atoms with Crippen LogP contribution in [0.3, 0.4) is 0 Å². The van der Waals surface area contributed by atoms with Crippen LogP contribution in [0.15, 0.2) is 50.6 Å². The first-order valence-corrected chi connectivity index (χ1v) is 11.1. The molecule has 1 aliphatic rings.